The Bertz CT molecular complexity index is 1420. The maximum absolute atomic E-state index is 6.00. The summed E-state index contributed by atoms with van der Waals surface area (Å²) in [6.45, 7) is 6.43. The number of halogens is 1. The monoisotopic (exact) mass is 491 g/mol. The van der Waals surface area contributed by atoms with Crippen LogP contribution < -0.4 is 0 Å². The smallest absolute Gasteiger partial charge is 0.235 e. The van der Waals surface area contributed by atoms with Crippen molar-refractivity contribution in [3.05, 3.63) is 130 Å². The summed E-state index contributed by atoms with van der Waals surface area (Å²) in [4.78, 5) is 4.46. The van der Waals surface area contributed by atoms with Gasteiger partial charge >= 0.3 is 0 Å². The van der Waals surface area contributed by atoms with Crippen molar-refractivity contribution >= 4 is 17.2 Å². The molecule has 180 valence electrons. The quantitative estimate of drug-likeness (QED) is 0.332. The predicted molar refractivity (Wildman–Crippen MR) is 151 cm³/mol. The molecule has 0 aliphatic heterocycles. The third-order valence-corrected chi connectivity index (χ3v) is 6.34. The van der Waals surface area contributed by atoms with Crippen LogP contribution in [0.3, 0.4) is 0 Å². The zero-order valence-electron chi connectivity index (χ0n) is 21.0. The summed E-state index contributed by atoms with van der Waals surface area (Å²) in [5.41, 5.74) is 8.07. The predicted octanol–water partition coefficient (Wildman–Crippen LogP) is 9.18. The first-order valence-electron chi connectivity index (χ1n) is 12.2. The zero-order valence-corrected chi connectivity index (χ0v) is 21.8. The van der Waals surface area contributed by atoms with Crippen molar-refractivity contribution in [1.82, 2.24) is 4.98 Å². The molecule has 0 fully saturated rings. The van der Waals surface area contributed by atoms with E-state index in [1.807, 2.05) is 30.3 Å². The lowest BCUT2D eigenvalue weighted by Crippen LogP contribution is -1.87. The average molecular weight is 492 g/mol. The summed E-state index contributed by atoms with van der Waals surface area (Å²) in [6.07, 6.45) is 15.5. The van der Waals surface area contributed by atoms with Crippen LogP contribution in [-0.2, 0) is 6.42 Å². The van der Waals surface area contributed by atoms with Gasteiger partial charge in [-0.1, -0.05) is 90.6 Å². The topological polar surface area (TPSA) is 26.0 Å². The van der Waals surface area contributed by atoms with Crippen LogP contribution in [0.5, 0.6) is 0 Å². The van der Waals surface area contributed by atoms with Crippen LogP contribution in [0.25, 0.3) is 16.9 Å². The molecule has 5 rings (SSSR count). The highest BCUT2D eigenvalue weighted by Crippen LogP contribution is 2.28. The van der Waals surface area contributed by atoms with Crippen LogP contribution in [-0.4, -0.2) is 4.98 Å². The van der Waals surface area contributed by atoms with Crippen molar-refractivity contribution in [3.63, 3.8) is 0 Å². The molecule has 2 aromatic carbocycles. The van der Waals surface area contributed by atoms with Crippen molar-refractivity contribution in [1.29, 1.82) is 0 Å². The fraction of sp³-hybridized carbons (Fsp3) is 0.182. The molecule has 2 aliphatic rings. The van der Waals surface area contributed by atoms with E-state index in [0.717, 1.165) is 36.0 Å². The highest BCUT2D eigenvalue weighted by Gasteiger charge is 2.13. The van der Waals surface area contributed by atoms with Crippen molar-refractivity contribution in [2.45, 2.75) is 40.0 Å². The van der Waals surface area contributed by atoms with Gasteiger partial charge in [0.15, 0.2) is 5.76 Å². The first kappa shape index (κ1) is 25.3. The fourth-order valence-electron chi connectivity index (χ4n) is 3.90. The Morgan fingerprint density at radius 2 is 1.89 bits per heavy atom. The molecule has 0 radical (unpaired) electrons. The van der Waals surface area contributed by atoms with Gasteiger partial charge in [0.2, 0.25) is 5.89 Å². The van der Waals surface area contributed by atoms with Crippen molar-refractivity contribution in [2.24, 2.45) is 0 Å². The van der Waals surface area contributed by atoms with Gasteiger partial charge in [0.25, 0.3) is 0 Å². The summed E-state index contributed by atoms with van der Waals surface area (Å²) in [5, 5.41) is 0.695. The van der Waals surface area contributed by atoms with Crippen molar-refractivity contribution in [3.8, 4) is 23.2 Å². The lowest BCUT2D eigenvalue weighted by molar-refractivity contribution is 0.557. The van der Waals surface area contributed by atoms with Gasteiger partial charge in [-0.3, -0.25) is 0 Å². The number of nitrogens with zero attached hydrogens (tertiary/aromatic N) is 1. The Kier molecular flexibility index (Phi) is 8.61. The Balaban J connectivity index is 0.000000325. The minimum absolute atomic E-state index is 0.538. The summed E-state index contributed by atoms with van der Waals surface area (Å²) in [6, 6.07) is 18.0. The fourth-order valence-corrected chi connectivity index (χ4v) is 4.02. The first-order chi connectivity index (χ1) is 17.5. The molecule has 3 heteroatoms. The van der Waals surface area contributed by atoms with Gasteiger partial charge < -0.3 is 4.42 Å². The maximum atomic E-state index is 6.00. The van der Waals surface area contributed by atoms with Crippen LogP contribution in [0.15, 0.2) is 118 Å². The van der Waals surface area contributed by atoms with E-state index in [-0.39, 0.29) is 0 Å². The minimum Gasteiger partial charge on any atom is -0.436 e. The van der Waals surface area contributed by atoms with Gasteiger partial charge in [0.1, 0.15) is 0 Å². The number of hydrogen-bond donors (Lipinski definition) is 0. The molecule has 0 atom stereocenters. The SMILES string of the molecule is CC1=C(/C=C(\C)C2=CCC=C2)C=C(c2ncc(-c3ccc(Cl)cc3)o2)C#CC1.CCc1ccccc1. The lowest BCUT2D eigenvalue weighted by Gasteiger charge is -2.05. The standard InChI is InChI=1S/C25H20ClNO.C8H10/c1-17-6-5-9-21(15-22(17)14-18(2)19-7-3-4-8-19)25-27-16-24(28-25)20-10-12-23(26)13-11-20;1-2-8-6-4-3-5-7-8/h3,7-8,10-16H,4,6H2,1-2H3;3-7H,2H2,1H3/b18-14+;. The molecule has 0 bridgehead atoms. The number of benzene rings is 2. The molecule has 0 saturated carbocycles. The molecule has 2 aliphatic carbocycles. The number of hydrogen-bond acceptors (Lipinski definition) is 2. The van der Waals surface area contributed by atoms with E-state index in [1.165, 1.54) is 22.3 Å². The molecule has 0 spiro atoms. The molecule has 0 amide bonds. The van der Waals surface area contributed by atoms with E-state index < -0.39 is 0 Å². The Hall–Kier alpha value is -3.80. The first-order valence-corrected chi connectivity index (χ1v) is 12.6. The van der Waals surface area contributed by atoms with Gasteiger partial charge in [-0.25, -0.2) is 4.98 Å². The Labute approximate surface area is 219 Å². The van der Waals surface area contributed by atoms with Crippen LogP contribution in [0.4, 0.5) is 0 Å². The second kappa shape index (κ2) is 12.2. The van der Waals surface area contributed by atoms with E-state index in [4.69, 9.17) is 16.0 Å². The molecule has 36 heavy (non-hydrogen) atoms. The summed E-state index contributed by atoms with van der Waals surface area (Å²) >= 11 is 5.97. The Morgan fingerprint density at radius 3 is 2.56 bits per heavy atom. The van der Waals surface area contributed by atoms with E-state index in [1.54, 1.807) is 6.20 Å². The minimum atomic E-state index is 0.538. The molecule has 0 N–H and O–H groups in total. The van der Waals surface area contributed by atoms with Gasteiger partial charge in [-0.05, 0) is 79.3 Å². The van der Waals surface area contributed by atoms with Crippen molar-refractivity contribution in [2.75, 3.05) is 0 Å². The molecular weight excluding hydrogens is 462 g/mol. The largest absolute Gasteiger partial charge is 0.436 e. The highest BCUT2D eigenvalue weighted by atomic mass is 35.5. The van der Waals surface area contributed by atoms with Crippen LogP contribution in [0, 0.1) is 11.8 Å². The zero-order chi connectivity index (χ0) is 25.3. The van der Waals surface area contributed by atoms with E-state index in [0.29, 0.717) is 16.7 Å². The lowest BCUT2D eigenvalue weighted by atomic mass is 10.0. The number of allylic oxidation sites excluding steroid dienone is 10. The van der Waals surface area contributed by atoms with Gasteiger partial charge in [0.05, 0.1) is 11.8 Å². The second-order valence-electron chi connectivity index (χ2n) is 8.77. The second-order valence-corrected chi connectivity index (χ2v) is 9.21. The summed E-state index contributed by atoms with van der Waals surface area (Å²) in [5.74, 6) is 7.67. The van der Waals surface area contributed by atoms with Crippen molar-refractivity contribution < 1.29 is 4.42 Å². The molecule has 1 heterocycles. The number of rotatable bonds is 5. The van der Waals surface area contributed by atoms with Gasteiger partial charge in [0, 0.05) is 17.0 Å². The molecule has 2 nitrogen and oxygen atoms in total. The molecule has 0 unspecified atom stereocenters. The number of oxazole rings is 1. The van der Waals surface area contributed by atoms with Gasteiger partial charge in [-0.15, -0.1) is 0 Å². The third kappa shape index (κ3) is 6.66. The van der Waals surface area contributed by atoms with E-state index >= 15 is 0 Å². The average Bonchev–Trinajstić information content (AvgIpc) is 3.59. The van der Waals surface area contributed by atoms with E-state index in [9.17, 15) is 0 Å². The highest BCUT2D eigenvalue weighted by molar-refractivity contribution is 6.30. The van der Waals surface area contributed by atoms with E-state index in [2.05, 4.69) is 92.2 Å². The van der Waals surface area contributed by atoms with Crippen LogP contribution >= 0.6 is 11.6 Å². The van der Waals surface area contributed by atoms with Crippen LogP contribution in [0.1, 0.15) is 45.1 Å². The number of aromatic nitrogens is 1. The molecule has 0 saturated heterocycles. The number of aryl methyl sites for hydroxylation is 1. The molecule has 3 aromatic rings. The molecular formula is C33H30ClNO. The Morgan fingerprint density at radius 1 is 1.11 bits per heavy atom. The normalized spacial score (nSPS) is 14.8. The molecule has 1 aromatic heterocycles. The van der Waals surface area contributed by atoms with Crippen LogP contribution in [0.2, 0.25) is 5.02 Å². The summed E-state index contributed by atoms with van der Waals surface area (Å²) < 4.78 is 6.00. The maximum Gasteiger partial charge on any atom is 0.235 e. The third-order valence-electron chi connectivity index (χ3n) is 6.08. The summed E-state index contributed by atoms with van der Waals surface area (Å²) in [7, 11) is 0. The van der Waals surface area contributed by atoms with Gasteiger partial charge in [-0.2, -0.15) is 0 Å².